The van der Waals surface area contributed by atoms with E-state index in [9.17, 15) is 10.1 Å². The van der Waals surface area contributed by atoms with Crippen molar-refractivity contribution in [2.24, 2.45) is 10.7 Å². The Kier molecular flexibility index (Phi) is 4.57. The van der Waals surface area contributed by atoms with E-state index >= 15 is 0 Å². The van der Waals surface area contributed by atoms with Crippen LogP contribution in [0.2, 0.25) is 5.02 Å². The summed E-state index contributed by atoms with van der Waals surface area (Å²) in [5.74, 6) is -0.536. The van der Waals surface area contributed by atoms with Crippen molar-refractivity contribution in [3.63, 3.8) is 0 Å². The van der Waals surface area contributed by atoms with Crippen molar-refractivity contribution in [1.29, 1.82) is 5.26 Å². The van der Waals surface area contributed by atoms with Crippen LogP contribution in [-0.4, -0.2) is 23.8 Å². The Morgan fingerprint density at radius 1 is 1.39 bits per heavy atom. The molecule has 8 heteroatoms. The van der Waals surface area contributed by atoms with Crippen molar-refractivity contribution in [3.8, 4) is 6.07 Å². The van der Waals surface area contributed by atoms with Gasteiger partial charge in [0.1, 0.15) is 5.54 Å². The number of nitriles is 1. The number of guanidine groups is 1. The number of amides is 1. The topological polar surface area (TPSA) is 82.5 Å². The molecule has 4 rings (SSSR count). The van der Waals surface area contributed by atoms with Gasteiger partial charge in [0.15, 0.2) is 5.96 Å². The molecule has 1 aliphatic carbocycles. The fraction of sp³-hybridized carbons (Fsp3) is 0.350. The highest BCUT2D eigenvalue weighted by atomic mass is 79.9. The summed E-state index contributed by atoms with van der Waals surface area (Å²) in [7, 11) is 1.63. The van der Waals surface area contributed by atoms with E-state index in [-0.39, 0.29) is 17.3 Å². The van der Waals surface area contributed by atoms with Crippen LogP contribution in [0.4, 0.5) is 0 Å². The second-order valence-corrected chi connectivity index (χ2v) is 10.3. The number of thiophene rings is 1. The Morgan fingerprint density at radius 2 is 2.04 bits per heavy atom. The van der Waals surface area contributed by atoms with Crippen LogP contribution < -0.4 is 5.73 Å². The summed E-state index contributed by atoms with van der Waals surface area (Å²) in [6.45, 7) is 1.89. The Labute approximate surface area is 180 Å². The summed E-state index contributed by atoms with van der Waals surface area (Å²) in [4.78, 5) is 20.1. The number of nitrogens with zero attached hydrogens (tertiary/aromatic N) is 3. The van der Waals surface area contributed by atoms with Crippen LogP contribution >= 0.6 is 38.9 Å². The summed E-state index contributed by atoms with van der Waals surface area (Å²) < 4.78 is 0.868. The van der Waals surface area contributed by atoms with Crippen LogP contribution in [0.15, 0.2) is 39.1 Å². The molecule has 5 nitrogen and oxygen atoms in total. The molecule has 1 aromatic heterocycles. The van der Waals surface area contributed by atoms with Gasteiger partial charge in [-0.25, -0.2) is 4.99 Å². The highest BCUT2D eigenvalue weighted by Crippen LogP contribution is 2.51. The van der Waals surface area contributed by atoms with Gasteiger partial charge in [-0.05, 0) is 52.9 Å². The minimum absolute atomic E-state index is 0.134. The molecule has 1 aliphatic heterocycles. The molecule has 1 unspecified atom stereocenters. The maximum absolute atomic E-state index is 13.3. The number of carbonyl (C=O) groups is 1. The molecular weight excluding hydrogens is 460 g/mol. The van der Waals surface area contributed by atoms with Gasteiger partial charge >= 0.3 is 0 Å². The molecule has 2 aromatic rings. The van der Waals surface area contributed by atoms with Crippen LogP contribution in [0, 0.1) is 11.3 Å². The first-order valence-electron chi connectivity index (χ1n) is 8.82. The van der Waals surface area contributed by atoms with Gasteiger partial charge in [0.05, 0.1) is 31.1 Å². The summed E-state index contributed by atoms with van der Waals surface area (Å²) in [6.07, 6.45) is 1.76. The molecule has 2 heterocycles. The number of hydrogen-bond donors (Lipinski definition) is 1. The van der Waals surface area contributed by atoms with Gasteiger partial charge in [0, 0.05) is 7.05 Å². The minimum atomic E-state index is -0.921. The van der Waals surface area contributed by atoms with Crippen LogP contribution in [0.5, 0.6) is 0 Å². The van der Waals surface area contributed by atoms with E-state index in [2.05, 4.69) is 22.0 Å². The zero-order chi connectivity index (χ0) is 20.3. The molecule has 144 valence electrons. The molecule has 2 atom stereocenters. The largest absolute Gasteiger partial charge is 0.369 e. The maximum Gasteiger partial charge on any atom is 0.239 e. The molecular formula is C20H18BrClN4OS. The van der Waals surface area contributed by atoms with E-state index in [1.165, 1.54) is 16.2 Å². The molecule has 1 fully saturated rings. The predicted molar refractivity (Wildman–Crippen MR) is 114 cm³/mol. The average molecular weight is 478 g/mol. The van der Waals surface area contributed by atoms with Gasteiger partial charge in [-0.1, -0.05) is 35.9 Å². The molecule has 2 aliphatic rings. The second kappa shape index (κ2) is 6.58. The highest BCUT2D eigenvalue weighted by Gasteiger charge is 2.49. The number of rotatable bonds is 3. The zero-order valence-electron chi connectivity index (χ0n) is 15.4. The molecule has 0 bridgehead atoms. The van der Waals surface area contributed by atoms with E-state index in [0.717, 1.165) is 32.6 Å². The molecule has 2 N–H and O–H groups in total. The predicted octanol–water partition coefficient (Wildman–Crippen LogP) is 4.50. The normalized spacial score (nSPS) is 26.0. The summed E-state index contributed by atoms with van der Waals surface area (Å²) in [5, 5.41) is 9.99. The number of carbonyl (C=O) groups excluding carboxylic acids is 1. The van der Waals surface area contributed by atoms with E-state index < -0.39 is 11.5 Å². The fourth-order valence-electron chi connectivity index (χ4n) is 3.84. The zero-order valence-corrected chi connectivity index (χ0v) is 18.5. The van der Waals surface area contributed by atoms with Crippen molar-refractivity contribution in [1.82, 2.24) is 4.90 Å². The van der Waals surface area contributed by atoms with Crippen LogP contribution in [-0.2, 0) is 15.7 Å². The van der Waals surface area contributed by atoms with Crippen molar-refractivity contribution < 1.29 is 4.79 Å². The number of halogens is 2. The number of likely N-dealkylation sites (N-methyl/N-ethyl adjacent to an activating group) is 1. The van der Waals surface area contributed by atoms with E-state index in [4.69, 9.17) is 22.3 Å². The SMILES string of the molecule is CN1C(=O)C(c2ccc(C3(C#N)CC3)cc2)[C@@](C)(c2sc(Br)cc2Cl)N=C1N. The van der Waals surface area contributed by atoms with Gasteiger partial charge in [-0.3, -0.25) is 9.69 Å². The fourth-order valence-corrected chi connectivity index (χ4v) is 6.07. The minimum Gasteiger partial charge on any atom is -0.369 e. The first-order valence-corrected chi connectivity index (χ1v) is 10.8. The highest BCUT2D eigenvalue weighted by molar-refractivity contribution is 9.11. The number of benzene rings is 1. The van der Waals surface area contributed by atoms with Crippen molar-refractivity contribution in [3.05, 3.63) is 55.1 Å². The Balaban J connectivity index is 1.84. The number of aliphatic imine (C=N–C) groups is 1. The van der Waals surface area contributed by atoms with Crippen LogP contribution in [0.1, 0.15) is 41.7 Å². The van der Waals surface area contributed by atoms with Gasteiger partial charge in [0.2, 0.25) is 5.91 Å². The lowest BCUT2D eigenvalue weighted by molar-refractivity contribution is -0.130. The van der Waals surface area contributed by atoms with Crippen molar-refractivity contribution >= 4 is 50.7 Å². The van der Waals surface area contributed by atoms with Gasteiger partial charge in [-0.2, -0.15) is 5.26 Å². The molecule has 28 heavy (non-hydrogen) atoms. The second-order valence-electron chi connectivity index (χ2n) is 7.49. The molecule has 0 saturated heterocycles. The van der Waals surface area contributed by atoms with E-state index in [1.54, 1.807) is 7.05 Å². The molecule has 1 aromatic carbocycles. The van der Waals surface area contributed by atoms with Crippen molar-refractivity contribution in [2.75, 3.05) is 7.05 Å². The average Bonchev–Trinajstić information content (AvgIpc) is 3.38. The van der Waals surface area contributed by atoms with Crippen LogP contribution in [0.3, 0.4) is 0 Å². The first-order chi connectivity index (χ1) is 13.2. The van der Waals surface area contributed by atoms with Crippen LogP contribution in [0.25, 0.3) is 0 Å². The van der Waals surface area contributed by atoms with E-state index in [1.807, 2.05) is 37.3 Å². The Hall–Kier alpha value is -1.88. The van der Waals surface area contributed by atoms with E-state index in [0.29, 0.717) is 5.02 Å². The molecule has 0 radical (unpaired) electrons. The lowest BCUT2D eigenvalue weighted by Crippen LogP contribution is -2.52. The number of hydrogen-bond acceptors (Lipinski definition) is 5. The third-order valence-corrected chi connectivity index (χ3v) is 7.98. The van der Waals surface area contributed by atoms with Crippen molar-refractivity contribution in [2.45, 2.75) is 36.6 Å². The maximum atomic E-state index is 13.3. The number of nitrogens with two attached hydrogens (primary N) is 1. The molecule has 0 spiro atoms. The third kappa shape index (κ3) is 2.86. The lowest BCUT2D eigenvalue weighted by Gasteiger charge is -2.40. The molecule has 1 amide bonds. The lowest BCUT2D eigenvalue weighted by atomic mass is 9.77. The first kappa shape index (κ1) is 19.4. The monoisotopic (exact) mass is 476 g/mol. The standard InChI is InChI=1S/C20H18BrClN4OS/c1-19(16-13(22)9-14(21)28-16)15(17(27)26(2)18(24)25-19)11-3-5-12(6-4-11)20(10-23)7-8-20/h3-6,9,15H,7-8H2,1-2H3,(H2,24,25)/t15?,19-/m0/s1. The van der Waals surface area contributed by atoms with Gasteiger partial charge in [0.25, 0.3) is 0 Å². The summed E-state index contributed by atoms with van der Waals surface area (Å²) >= 11 is 11.4. The van der Waals surface area contributed by atoms with Gasteiger partial charge in [-0.15, -0.1) is 11.3 Å². The smallest absolute Gasteiger partial charge is 0.239 e. The third-order valence-electron chi connectivity index (χ3n) is 5.71. The summed E-state index contributed by atoms with van der Waals surface area (Å²) in [5.41, 5.74) is 6.60. The van der Waals surface area contributed by atoms with Gasteiger partial charge < -0.3 is 5.73 Å². The quantitative estimate of drug-likeness (QED) is 0.706. The molecule has 1 saturated carbocycles. The Bertz CT molecular complexity index is 1040. The Morgan fingerprint density at radius 3 is 2.54 bits per heavy atom. The summed E-state index contributed by atoms with van der Waals surface area (Å²) in [6, 6.07) is 12.0.